The number of ether oxygens (including phenoxy) is 3. The number of carbonyl (C=O) groups excluding carboxylic acids is 1. The molecular formula is C21H25N5O4. The molecule has 1 aliphatic rings. The van der Waals surface area contributed by atoms with Crippen LogP contribution in [0.1, 0.15) is 34.8 Å². The molecule has 4 heterocycles. The molecule has 4 rings (SSSR count). The lowest BCUT2D eigenvalue weighted by Gasteiger charge is -2.33. The van der Waals surface area contributed by atoms with Crippen LogP contribution in [-0.2, 0) is 9.47 Å². The van der Waals surface area contributed by atoms with E-state index in [2.05, 4.69) is 37.1 Å². The van der Waals surface area contributed by atoms with Crippen molar-refractivity contribution in [3.63, 3.8) is 0 Å². The summed E-state index contributed by atoms with van der Waals surface area (Å²) < 4.78 is 15.4. The van der Waals surface area contributed by atoms with Gasteiger partial charge in [0.2, 0.25) is 0 Å². The van der Waals surface area contributed by atoms with Gasteiger partial charge in [0, 0.05) is 44.0 Å². The number of esters is 1. The van der Waals surface area contributed by atoms with E-state index in [1.165, 1.54) is 18.1 Å². The molecule has 0 atom stereocenters. The summed E-state index contributed by atoms with van der Waals surface area (Å²) in [6.07, 6.45) is 5.81. The third-order valence-electron chi connectivity index (χ3n) is 5.35. The number of piperidine rings is 1. The molecule has 0 aliphatic carbocycles. The molecular weight excluding hydrogens is 386 g/mol. The predicted molar refractivity (Wildman–Crippen MR) is 111 cm³/mol. The van der Waals surface area contributed by atoms with E-state index in [1.54, 1.807) is 19.4 Å². The number of H-pyrrole nitrogens is 1. The van der Waals surface area contributed by atoms with Crippen LogP contribution in [0.15, 0.2) is 30.6 Å². The summed E-state index contributed by atoms with van der Waals surface area (Å²) in [7, 11) is 2.92. The number of hydrogen-bond acceptors (Lipinski definition) is 8. The standard InChI is InChI=1S/C21H25N5O4/c1-28-10-11-30-21-24-17(20(27)29-2)12-18(25-21)26-8-5-14(6-9-26)16-13-23-19-15(16)4-3-7-22-19/h3-4,7,12-14H,5-6,8-11H2,1-2H3,(H,22,23). The molecule has 9 heteroatoms. The highest BCUT2D eigenvalue weighted by Gasteiger charge is 2.25. The first-order valence-corrected chi connectivity index (χ1v) is 9.95. The van der Waals surface area contributed by atoms with Gasteiger partial charge in [-0.3, -0.25) is 0 Å². The molecule has 0 bridgehead atoms. The lowest BCUT2D eigenvalue weighted by Crippen LogP contribution is -2.33. The highest BCUT2D eigenvalue weighted by Crippen LogP contribution is 2.34. The van der Waals surface area contributed by atoms with Gasteiger partial charge in [-0.05, 0) is 36.5 Å². The van der Waals surface area contributed by atoms with Crippen molar-refractivity contribution in [1.29, 1.82) is 0 Å². The number of pyridine rings is 1. The molecule has 1 aliphatic heterocycles. The minimum absolute atomic E-state index is 0.148. The van der Waals surface area contributed by atoms with Gasteiger partial charge in [-0.2, -0.15) is 9.97 Å². The third kappa shape index (κ3) is 4.20. The van der Waals surface area contributed by atoms with Crippen LogP contribution in [-0.4, -0.2) is 66.4 Å². The average Bonchev–Trinajstić information content (AvgIpc) is 3.23. The molecule has 1 fully saturated rings. The second kappa shape index (κ2) is 9.08. The van der Waals surface area contributed by atoms with Crippen molar-refractivity contribution in [2.45, 2.75) is 18.8 Å². The average molecular weight is 411 g/mol. The number of fused-ring (bicyclic) bond motifs is 1. The molecule has 158 valence electrons. The molecule has 0 aromatic carbocycles. The van der Waals surface area contributed by atoms with Gasteiger partial charge in [-0.25, -0.2) is 9.78 Å². The molecule has 0 unspecified atom stereocenters. The van der Waals surface area contributed by atoms with Gasteiger partial charge in [0.25, 0.3) is 0 Å². The maximum atomic E-state index is 12.0. The lowest BCUT2D eigenvalue weighted by molar-refractivity contribution is 0.0591. The maximum absolute atomic E-state index is 12.0. The lowest BCUT2D eigenvalue weighted by atomic mass is 9.89. The van der Waals surface area contributed by atoms with Crippen molar-refractivity contribution in [3.05, 3.63) is 41.9 Å². The number of carbonyl (C=O) groups is 1. The van der Waals surface area contributed by atoms with Crippen molar-refractivity contribution in [2.75, 3.05) is 45.4 Å². The van der Waals surface area contributed by atoms with Crippen molar-refractivity contribution < 1.29 is 19.0 Å². The maximum Gasteiger partial charge on any atom is 0.356 e. The van der Waals surface area contributed by atoms with E-state index in [-0.39, 0.29) is 11.7 Å². The SMILES string of the molecule is COCCOc1nc(C(=O)OC)cc(N2CCC(c3c[nH]c4ncccc34)CC2)n1. The number of hydrogen-bond donors (Lipinski definition) is 1. The Bertz CT molecular complexity index is 1010. The van der Waals surface area contributed by atoms with Crippen LogP contribution < -0.4 is 9.64 Å². The minimum atomic E-state index is -0.517. The Morgan fingerprint density at radius 1 is 1.23 bits per heavy atom. The number of anilines is 1. The summed E-state index contributed by atoms with van der Waals surface area (Å²) in [5, 5.41) is 1.18. The minimum Gasteiger partial charge on any atom is -0.464 e. The predicted octanol–water partition coefficient (Wildman–Crippen LogP) is 2.55. The third-order valence-corrected chi connectivity index (χ3v) is 5.35. The zero-order chi connectivity index (χ0) is 20.9. The molecule has 0 amide bonds. The Labute approximate surface area is 174 Å². The first kappa shape index (κ1) is 20.1. The molecule has 0 spiro atoms. The monoisotopic (exact) mass is 411 g/mol. The fourth-order valence-electron chi connectivity index (χ4n) is 3.80. The molecule has 0 saturated carbocycles. The Morgan fingerprint density at radius 3 is 2.83 bits per heavy atom. The fraction of sp³-hybridized carbons (Fsp3) is 0.429. The molecule has 30 heavy (non-hydrogen) atoms. The summed E-state index contributed by atoms with van der Waals surface area (Å²) in [5.41, 5.74) is 2.41. The number of aromatic nitrogens is 4. The molecule has 3 aromatic rings. The first-order valence-electron chi connectivity index (χ1n) is 9.95. The molecule has 1 N–H and O–H groups in total. The normalized spacial score (nSPS) is 14.8. The number of nitrogens with one attached hydrogen (secondary N) is 1. The van der Waals surface area contributed by atoms with Gasteiger partial charge >= 0.3 is 12.0 Å². The van der Waals surface area contributed by atoms with E-state index in [1.807, 2.05) is 6.07 Å². The van der Waals surface area contributed by atoms with Crippen molar-refractivity contribution in [2.24, 2.45) is 0 Å². The molecule has 0 radical (unpaired) electrons. The Balaban J connectivity index is 1.50. The number of methoxy groups -OCH3 is 2. The van der Waals surface area contributed by atoms with E-state index in [4.69, 9.17) is 14.2 Å². The fourth-order valence-corrected chi connectivity index (χ4v) is 3.80. The van der Waals surface area contributed by atoms with E-state index in [9.17, 15) is 4.79 Å². The highest BCUT2D eigenvalue weighted by molar-refractivity contribution is 5.88. The van der Waals surface area contributed by atoms with Gasteiger partial charge in [-0.1, -0.05) is 0 Å². The number of nitrogens with zero attached hydrogens (tertiary/aromatic N) is 4. The van der Waals surface area contributed by atoms with Crippen molar-refractivity contribution in [3.8, 4) is 6.01 Å². The van der Waals surface area contributed by atoms with Gasteiger partial charge in [0.05, 0.1) is 13.7 Å². The summed E-state index contributed by atoms with van der Waals surface area (Å²) in [5.74, 6) is 0.590. The zero-order valence-corrected chi connectivity index (χ0v) is 17.1. The second-order valence-electron chi connectivity index (χ2n) is 7.13. The smallest absolute Gasteiger partial charge is 0.356 e. The van der Waals surface area contributed by atoms with E-state index in [0.29, 0.717) is 24.9 Å². The molecule has 1 saturated heterocycles. The number of aromatic amines is 1. The summed E-state index contributed by atoms with van der Waals surface area (Å²) in [6.45, 7) is 2.34. The van der Waals surface area contributed by atoms with E-state index < -0.39 is 5.97 Å². The number of rotatable bonds is 7. The van der Waals surface area contributed by atoms with E-state index in [0.717, 1.165) is 31.6 Å². The van der Waals surface area contributed by atoms with Gasteiger partial charge < -0.3 is 24.1 Å². The van der Waals surface area contributed by atoms with Crippen LogP contribution in [0.5, 0.6) is 6.01 Å². The van der Waals surface area contributed by atoms with Crippen LogP contribution in [0.25, 0.3) is 11.0 Å². The van der Waals surface area contributed by atoms with Crippen LogP contribution in [0.2, 0.25) is 0 Å². The van der Waals surface area contributed by atoms with Crippen molar-refractivity contribution >= 4 is 22.8 Å². The van der Waals surface area contributed by atoms with Gasteiger partial charge in [0.1, 0.15) is 18.1 Å². The van der Waals surface area contributed by atoms with Crippen LogP contribution in [0.4, 0.5) is 5.82 Å². The summed E-state index contributed by atoms with van der Waals surface area (Å²) in [4.78, 5) is 30.5. The van der Waals surface area contributed by atoms with Gasteiger partial charge in [-0.15, -0.1) is 0 Å². The van der Waals surface area contributed by atoms with Crippen LogP contribution in [0.3, 0.4) is 0 Å². The summed E-state index contributed by atoms with van der Waals surface area (Å²) >= 11 is 0. The van der Waals surface area contributed by atoms with Gasteiger partial charge in [0.15, 0.2) is 5.69 Å². The molecule has 9 nitrogen and oxygen atoms in total. The summed E-state index contributed by atoms with van der Waals surface area (Å²) in [6, 6.07) is 5.88. The Morgan fingerprint density at radius 2 is 2.07 bits per heavy atom. The van der Waals surface area contributed by atoms with Crippen LogP contribution in [0, 0.1) is 0 Å². The Hall–Kier alpha value is -3.20. The zero-order valence-electron chi connectivity index (χ0n) is 17.1. The van der Waals surface area contributed by atoms with E-state index >= 15 is 0 Å². The second-order valence-corrected chi connectivity index (χ2v) is 7.13. The van der Waals surface area contributed by atoms with Crippen LogP contribution >= 0.6 is 0 Å². The quantitative estimate of drug-likeness (QED) is 0.467. The first-order chi connectivity index (χ1) is 14.7. The van der Waals surface area contributed by atoms with Crippen molar-refractivity contribution in [1.82, 2.24) is 19.9 Å². The largest absolute Gasteiger partial charge is 0.464 e. The molecule has 3 aromatic heterocycles. The highest BCUT2D eigenvalue weighted by atomic mass is 16.5. The topological polar surface area (TPSA) is 102 Å². The Kier molecular flexibility index (Phi) is 6.08.